The maximum atomic E-state index is 13.0. The molecule has 4 rings (SSSR count). The number of phenolic OH excluding ortho intramolecular Hbond substituents is 1. The summed E-state index contributed by atoms with van der Waals surface area (Å²) in [5, 5.41) is 13.6. The molecule has 7 heteroatoms. The quantitative estimate of drug-likeness (QED) is 0.679. The van der Waals surface area contributed by atoms with Gasteiger partial charge in [-0.2, -0.15) is 0 Å². The van der Waals surface area contributed by atoms with Gasteiger partial charge < -0.3 is 15.3 Å². The summed E-state index contributed by atoms with van der Waals surface area (Å²) in [6.07, 6.45) is 0.883. The number of fused-ring (bicyclic) bond motifs is 1. The average molecular weight is 418 g/mol. The van der Waals surface area contributed by atoms with Crippen molar-refractivity contribution < 1.29 is 14.7 Å². The van der Waals surface area contributed by atoms with E-state index in [1.807, 2.05) is 41.3 Å². The van der Waals surface area contributed by atoms with Crippen LogP contribution in [0.1, 0.15) is 29.4 Å². The van der Waals surface area contributed by atoms with Crippen LogP contribution in [0.5, 0.6) is 5.75 Å². The Bertz CT molecular complexity index is 1100. The number of amides is 2. The number of carbonyl (C=O) groups is 2. The van der Waals surface area contributed by atoms with Crippen molar-refractivity contribution in [3.8, 4) is 5.75 Å². The molecule has 1 aliphatic rings. The highest BCUT2D eigenvalue weighted by molar-refractivity contribution is 5.96. The van der Waals surface area contributed by atoms with Crippen LogP contribution in [0.15, 0.2) is 54.6 Å². The number of hydrogen-bond acceptors (Lipinski definition) is 5. The summed E-state index contributed by atoms with van der Waals surface area (Å²) >= 11 is 0. The molecule has 31 heavy (non-hydrogen) atoms. The summed E-state index contributed by atoms with van der Waals surface area (Å²) in [6, 6.07) is 16.6. The van der Waals surface area contributed by atoms with Gasteiger partial charge in [-0.3, -0.25) is 14.5 Å². The largest absolute Gasteiger partial charge is 0.506 e. The second-order valence-corrected chi connectivity index (χ2v) is 7.85. The number of phenols is 1. The van der Waals surface area contributed by atoms with Crippen LogP contribution in [0.2, 0.25) is 0 Å². The standard InChI is InChI=1S/C24H26N4O3/c1-17(29)25-20-9-6-18(7-10-20)16-27-12-3-13-28(15-14-27)24(31)21-11-8-19-4-2-5-22(30)23(19)26-21/h2,4-11,30H,3,12-16H2,1H3,(H,25,29). The SMILES string of the molecule is CC(=O)Nc1ccc(CN2CCCN(C(=O)c3ccc4cccc(O)c4n3)CC2)cc1. The van der Waals surface area contributed by atoms with Crippen molar-refractivity contribution >= 4 is 28.4 Å². The Morgan fingerprint density at radius 3 is 2.58 bits per heavy atom. The lowest BCUT2D eigenvalue weighted by Crippen LogP contribution is -2.35. The third-order valence-corrected chi connectivity index (χ3v) is 5.47. The maximum absolute atomic E-state index is 13.0. The first-order chi connectivity index (χ1) is 15.0. The van der Waals surface area contributed by atoms with Gasteiger partial charge in [0, 0.05) is 50.7 Å². The van der Waals surface area contributed by atoms with Gasteiger partial charge in [-0.1, -0.05) is 30.3 Å². The molecule has 0 atom stereocenters. The number of aromatic hydroxyl groups is 1. The average Bonchev–Trinajstić information content (AvgIpc) is 3.00. The van der Waals surface area contributed by atoms with Crippen LogP contribution >= 0.6 is 0 Å². The molecule has 2 N–H and O–H groups in total. The Hall–Kier alpha value is -3.45. The molecule has 1 aromatic heterocycles. The molecule has 2 amide bonds. The van der Waals surface area contributed by atoms with Crippen molar-refractivity contribution in [1.29, 1.82) is 0 Å². The first-order valence-corrected chi connectivity index (χ1v) is 10.5. The third kappa shape index (κ3) is 5.00. The van der Waals surface area contributed by atoms with Crippen molar-refractivity contribution in [3.63, 3.8) is 0 Å². The monoisotopic (exact) mass is 418 g/mol. The van der Waals surface area contributed by atoms with Crippen molar-refractivity contribution in [2.45, 2.75) is 19.9 Å². The zero-order chi connectivity index (χ0) is 21.8. The number of benzene rings is 2. The Labute approximate surface area is 181 Å². The van der Waals surface area contributed by atoms with E-state index in [2.05, 4.69) is 15.2 Å². The number of nitrogens with zero attached hydrogens (tertiary/aromatic N) is 3. The van der Waals surface area contributed by atoms with Crippen LogP contribution in [-0.2, 0) is 11.3 Å². The molecule has 1 aliphatic heterocycles. The molecule has 0 bridgehead atoms. The van der Waals surface area contributed by atoms with E-state index in [1.165, 1.54) is 12.5 Å². The minimum absolute atomic E-state index is 0.0821. The Kier molecular flexibility index (Phi) is 6.13. The Morgan fingerprint density at radius 2 is 1.81 bits per heavy atom. The van der Waals surface area contributed by atoms with Gasteiger partial charge in [0.25, 0.3) is 5.91 Å². The molecule has 1 fully saturated rings. The first kappa shape index (κ1) is 20.8. The van der Waals surface area contributed by atoms with E-state index in [0.29, 0.717) is 24.3 Å². The van der Waals surface area contributed by atoms with Gasteiger partial charge in [0.1, 0.15) is 17.0 Å². The fraction of sp³-hybridized carbons (Fsp3) is 0.292. The molecular formula is C24H26N4O3. The summed E-state index contributed by atoms with van der Waals surface area (Å²) in [5.74, 6) is -0.105. The summed E-state index contributed by atoms with van der Waals surface area (Å²) in [5.41, 5.74) is 2.77. The van der Waals surface area contributed by atoms with Crippen molar-refractivity contribution in [2.75, 3.05) is 31.5 Å². The van der Waals surface area contributed by atoms with Crippen molar-refractivity contribution in [1.82, 2.24) is 14.8 Å². The molecule has 2 aromatic carbocycles. The highest BCUT2D eigenvalue weighted by Gasteiger charge is 2.22. The third-order valence-electron chi connectivity index (χ3n) is 5.47. The van der Waals surface area contributed by atoms with Gasteiger partial charge in [-0.15, -0.1) is 0 Å². The molecule has 0 radical (unpaired) electrons. The predicted molar refractivity (Wildman–Crippen MR) is 120 cm³/mol. The van der Waals surface area contributed by atoms with Gasteiger partial charge >= 0.3 is 0 Å². The number of rotatable bonds is 4. The molecule has 2 heterocycles. The predicted octanol–water partition coefficient (Wildman–Crippen LogP) is 3.25. The number of anilines is 1. The van der Waals surface area contributed by atoms with E-state index in [1.54, 1.807) is 18.2 Å². The van der Waals surface area contributed by atoms with E-state index in [9.17, 15) is 14.7 Å². The highest BCUT2D eigenvalue weighted by atomic mass is 16.3. The second kappa shape index (κ2) is 9.14. The molecule has 0 aliphatic carbocycles. The summed E-state index contributed by atoms with van der Waals surface area (Å²) < 4.78 is 0. The number of carbonyl (C=O) groups excluding carboxylic acids is 2. The zero-order valence-electron chi connectivity index (χ0n) is 17.5. The fourth-order valence-corrected chi connectivity index (χ4v) is 3.90. The van der Waals surface area contributed by atoms with Crippen LogP contribution in [-0.4, -0.2) is 57.9 Å². The molecule has 0 saturated carbocycles. The lowest BCUT2D eigenvalue weighted by atomic mass is 10.2. The van der Waals surface area contributed by atoms with Crippen LogP contribution in [0, 0.1) is 0 Å². The molecule has 3 aromatic rings. The Balaban J connectivity index is 1.39. The van der Waals surface area contributed by atoms with Crippen molar-refractivity contribution in [2.24, 2.45) is 0 Å². The second-order valence-electron chi connectivity index (χ2n) is 7.85. The number of pyridine rings is 1. The summed E-state index contributed by atoms with van der Waals surface area (Å²) in [6.45, 7) is 5.28. The van der Waals surface area contributed by atoms with E-state index < -0.39 is 0 Å². The number of aromatic nitrogens is 1. The van der Waals surface area contributed by atoms with Crippen molar-refractivity contribution in [3.05, 3.63) is 65.9 Å². The normalized spacial score (nSPS) is 14.9. The molecular weight excluding hydrogens is 392 g/mol. The van der Waals surface area contributed by atoms with Gasteiger partial charge in [0.2, 0.25) is 5.91 Å². The van der Waals surface area contributed by atoms with E-state index >= 15 is 0 Å². The fourth-order valence-electron chi connectivity index (χ4n) is 3.90. The number of nitrogens with one attached hydrogen (secondary N) is 1. The van der Waals surface area contributed by atoms with Gasteiger partial charge in [-0.05, 0) is 36.2 Å². The summed E-state index contributed by atoms with van der Waals surface area (Å²) in [7, 11) is 0. The molecule has 160 valence electrons. The summed E-state index contributed by atoms with van der Waals surface area (Å²) in [4.78, 5) is 32.8. The van der Waals surface area contributed by atoms with Gasteiger partial charge in [-0.25, -0.2) is 4.98 Å². The van der Waals surface area contributed by atoms with Crippen LogP contribution in [0.4, 0.5) is 5.69 Å². The topological polar surface area (TPSA) is 85.8 Å². The first-order valence-electron chi connectivity index (χ1n) is 10.5. The van der Waals surface area contributed by atoms with Crippen LogP contribution < -0.4 is 5.32 Å². The minimum atomic E-state index is -0.105. The minimum Gasteiger partial charge on any atom is -0.506 e. The molecule has 0 spiro atoms. The smallest absolute Gasteiger partial charge is 0.272 e. The van der Waals surface area contributed by atoms with Gasteiger partial charge in [0.15, 0.2) is 0 Å². The molecule has 0 unspecified atom stereocenters. The van der Waals surface area contributed by atoms with Gasteiger partial charge in [0.05, 0.1) is 0 Å². The maximum Gasteiger partial charge on any atom is 0.272 e. The van der Waals surface area contributed by atoms with E-state index in [0.717, 1.165) is 37.1 Å². The Morgan fingerprint density at radius 1 is 1.00 bits per heavy atom. The number of hydrogen-bond donors (Lipinski definition) is 2. The lowest BCUT2D eigenvalue weighted by Gasteiger charge is -2.22. The zero-order valence-corrected chi connectivity index (χ0v) is 17.5. The lowest BCUT2D eigenvalue weighted by molar-refractivity contribution is -0.114. The van der Waals surface area contributed by atoms with E-state index in [-0.39, 0.29) is 17.6 Å². The van der Waals surface area contributed by atoms with Crippen LogP contribution in [0.25, 0.3) is 10.9 Å². The van der Waals surface area contributed by atoms with E-state index in [4.69, 9.17) is 0 Å². The number of para-hydroxylation sites is 1. The van der Waals surface area contributed by atoms with Crippen LogP contribution in [0.3, 0.4) is 0 Å². The highest BCUT2D eigenvalue weighted by Crippen LogP contribution is 2.23. The molecule has 1 saturated heterocycles. The molecule has 7 nitrogen and oxygen atoms in total.